The van der Waals surface area contributed by atoms with Gasteiger partial charge in [0.15, 0.2) is 0 Å². The fraction of sp³-hybridized carbons (Fsp3) is 0.357. The van der Waals surface area contributed by atoms with Gasteiger partial charge in [0, 0.05) is 12.0 Å². The van der Waals surface area contributed by atoms with Crippen LogP contribution >= 0.6 is 0 Å². The molecule has 6 heteroatoms. The third-order valence-corrected chi connectivity index (χ3v) is 2.83. The Kier molecular flexibility index (Phi) is 4.34. The lowest BCUT2D eigenvalue weighted by molar-refractivity contribution is -0.124. The van der Waals surface area contributed by atoms with Gasteiger partial charge in [-0.1, -0.05) is 25.1 Å². The molecule has 0 saturated heterocycles. The third kappa shape index (κ3) is 3.34. The van der Waals surface area contributed by atoms with E-state index in [1.54, 1.807) is 18.0 Å². The van der Waals surface area contributed by atoms with Gasteiger partial charge in [-0.2, -0.15) is 0 Å². The van der Waals surface area contributed by atoms with Crippen molar-refractivity contribution in [3.8, 4) is 11.4 Å². The van der Waals surface area contributed by atoms with Crippen molar-refractivity contribution in [1.29, 1.82) is 0 Å². The number of rotatable bonds is 5. The molecular formula is C14H18N4O2. The molecule has 2 aromatic rings. The third-order valence-electron chi connectivity index (χ3n) is 2.83. The van der Waals surface area contributed by atoms with Crippen LogP contribution in [0.25, 0.3) is 5.69 Å². The standard InChI is InChI=1S/C14H18N4O2/c1-10(2)14(19)15-8-11-9-18(17-16-11)12-5-4-6-13(7-12)20-3/h4-7,9-10H,8H2,1-3H3,(H,15,19). The van der Waals surface area contributed by atoms with Crippen molar-refractivity contribution in [2.45, 2.75) is 20.4 Å². The van der Waals surface area contributed by atoms with Crippen LogP contribution in [0.1, 0.15) is 19.5 Å². The van der Waals surface area contributed by atoms with Crippen LogP contribution in [0.15, 0.2) is 30.5 Å². The van der Waals surface area contributed by atoms with Crippen molar-refractivity contribution in [2.24, 2.45) is 5.92 Å². The molecule has 1 heterocycles. The lowest BCUT2D eigenvalue weighted by Gasteiger charge is -2.05. The molecule has 1 aromatic carbocycles. The van der Waals surface area contributed by atoms with Crippen molar-refractivity contribution in [2.75, 3.05) is 7.11 Å². The second-order valence-corrected chi connectivity index (χ2v) is 4.73. The number of carbonyl (C=O) groups excluding carboxylic acids is 1. The lowest BCUT2D eigenvalue weighted by atomic mass is 10.2. The van der Waals surface area contributed by atoms with E-state index in [0.29, 0.717) is 12.2 Å². The molecule has 1 aromatic heterocycles. The normalized spacial score (nSPS) is 10.6. The highest BCUT2D eigenvalue weighted by molar-refractivity contribution is 5.77. The summed E-state index contributed by atoms with van der Waals surface area (Å²) in [5.41, 5.74) is 1.57. The summed E-state index contributed by atoms with van der Waals surface area (Å²) in [6, 6.07) is 7.53. The van der Waals surface area contributed by atoms with Crippen LogP contribution in [-0.4, -0.2) is 28.0 Å². The molecule has 1 N–H and O–H groups in total. The summed E-state index contributed by atoms with van der Waals surface area (Å²) in [7, 11) is 1.62. The fourth-order valence-corrected chi connectivity index (χ4v) is 1.64. The number of hydrogen-bond acceptors (Lipinski definition) is 4. The van der Waals surface area contributed by atoms with Gasteiger partial charge in [0.25, 0.3) is 0 Å². The largest absolute Gasteiger partial charge is 0.497 e. The van der Waals surface area contributed by atoms with Gasteiger partial charge in [0.05, 0.1) is 25.5 Å². The summed E-state index contributed by atoms with van der Waals surface area (Å²) < 4.78 is 6.82. The molecule has 0 bridgehead atoms. The van der Waals surface area contributed by atoms with Gasteiger partial charge in [-0.05, 0) is 12.1 Å². The van der Waals surface area contributed by atoms with E-state index in [9.17, 15) is 4.79 Å². The zero-order valence-corrected chi connectivity index (χ0v) is 11.8. The Balaban J connectivity index is 2.06. The van der Waals surface area contributed by atoms with Crippen LogP contribution in [0.5, 0.6) is 5.75 Å². The van der Waals surface area contributed by atoms with Gasteiger partial charge in [0.2, 0.25) is 5.91 Å². The van der Waals surface area contributed by atoms with E-state index in [-0.39, 0.29) is 11.8 Å². The van der Waals surface area contributed by atoms with E-state index in [1.165, 1.54) is 0 Å². The highest BCUT2D eigenvalue weighted by Gasteiger charge is 2.08. The number of aromatic nitrogens is 3. The molecule has 1 amide bonds. The number of hydrogen-bond donors (Lipinski definition) is 1. The molecule has 0 spiro atoms. The predicted octanol–water partition coefficient (Wildman–Crippen LogP) is 1.55. The van der Waals surface area contributed by atoms with Gasteiger partial charge in [-0.25, -0.2) is 4.68 Å². The molecule has 6 nitrogen and oxygen atoms in total. The first-order valence-corrected chi connectivity index (χ1v) is 6.43. The predicted molar refractivity (Wildman–Crippen MR) is 74.6 cm³/mol. The van der Waals surface area contributed by atoms with Crippen molar-refractivity contribution in [3.05, 3.63) is 36.2 Å². The number of nitrogens with zero attached hydrogens (tertiary/aromatic N) is 3. The van der Waals surface area contributed by atoms with Crippen molar-refractivity contribution < 1.29 is 9.53 Å². The second kappa shape index (κ2) is 6.18. The maximum atomic E-state index is 11.5. The molecule has 0 radical (unpaired) electrons. The van der Waals surface area contributed by atoms with E-state index in [4.69, 9.17) is 4.74 Å². The SMILES string of the molecule is COc1cccc(-n2cc(CNC(=O)C(C)C)nn2)c1. The summed E-state index contributed by atoms with van der Waals surface area (Å²) >= 11 is 0. The number of ether oxygens (including phenoxy) is 1. The van der Waals surface area contributed by atoms with E-state index in [2.05, 4.69) is 15.6 Å². The maximum Gasteiger partial charge on any atom is 0.222 e. The van der Waals surface area contributed by atoms with Gasteiger partial charge < -0.3 is 10.1 Å². The van der Waals surface area contributed by atoms with Crippen molar-refractivity contribution >= 4 is 5.91 Å². The molecule has 0 saturated carbocycles. The van der Waals surface area contributed by atoms with E-state index >= 15 is 0 Å². The maximum absolute atomic E-state index is 11.5. The van der Waals surface area contributed by atoms with Crippen LogP contribution in [0.2, 0.25) is 0 Å². The Morgan fingerprint density at radius 3 is 2.95 bits per heavy atom. The van der Waals surface area contributed by atoms with Crippen LogP contribution < -0.4 is 10.1 Å². The summed E-state index contributed by atoms with van der Waals surface area (Å²) in [5, 5.41) is 10.9. The Labute approximate surface area is 117 Å². The highest BCUT2D eigenvalue weighted by atomic mass is 16.5. The number of benzene rings is 1. The molecule has 0 fully saturated rings. The number of amides is 1. The van der Waals surface area contributed by atoms with Gasteiger partial charge >= 0.3 is 0 Å². The van der Waals surface area contributed by atoms with Gasteiger partial charge in [-0.3, -0.25) is 4.79 Å². The molecular weight excluding hydrogens is 256 g/mol. The lowest BCUT2D eigenvalue weighted by Crippen LogP contribution is -2.27. The Hall–Kier alpha value is -2.37. The summed E-state index contributed by atoms with van der Waals surface area (Å²) in [4.78, 5) is 11.5. The molecule has 0 unspecified atom stereocenters. The first-order valence-electron chi connectivity index (χ1n) is 6.43. The zero-order chi connectivity index (χ0) is 14.5. The average Bonchev–Trinajstić information content (AvgIpc) is 2.93. The van der Waals surface area contributed by atoms with Gasteiger partial charge in [-0.15, -0.1) is 5.10 Å². The number of nitrogens with one attached hydrogen (secondary N) is 1. The van der Waals surface area contributed by atoms with Crippen molar-refractivity contribution in [3.63, 3.8) is 0 Å². The Morgan fingerprint density at radius 1 is 1.45 bits per heavy atom. The van der Waals surface area contributed by atoms with Crippen LogP contribution in [0, 0.1) is 5.92 Å². The monoisotopic (exact) mass is 274 g/mol. The first kappa shape index (κ1) is 14.0. The summed E-state index contributed by atoms with van der Waals surface area (Å²) in [6.07, 6.45) is 1.79. The highest BCUT2D eigenvalue weighted by Crippen LogP contribution is 2.15. The van der Waals surface area contributed by atoms with Crippen molar-refractivity contribution in [1.82, 2.24) is 20.3 Å². The van der Waals surface area contributed by atoms with E-state index < -0.39 is 0 Å². The molecule has 0 atom stereocenters. The molecule has 0 aliphatic carbocycles. The molecule has 0 aliphatic heterocycles. The van der Waals surface area contributed by atoms with Crippen LogP contribution in [-0.2, 0) is 11.3 Å². The van der Waals surface area contributed by atoms with Gasteiger partial charge in [0.1, 0.15) is 11.4 Å². The van der Waals surface area contributed by atoms with E-state index in [0.717, 1.165) is 11.4 Å². The number of carbonyl (C=O) groups is 1. The minimum atomic E-state index is -0.0385. The average molecular weight is 274 g/mol. The molecule has 2 rings (SSSR count). The smallest absolute Gasteiger partial charge is 0.222 e. The molecule has 20 heavy (non-hydrogen) atoms. The zero-order valence-electron chi connectivity index (χ0n) is 11.8. The van der Waals surface area contributed by atoms with E-state index in [1.807, 2.05) is 38.1 Å². The fourth-order valence-electron chi connectivity index (χ4n) is 1.64. The summed E-state index contributed by atoms with van der Waals surface area (Å²) in [6.45, 7) is 4.08. The first-order chi connectivity index (χ1) is 9.60. The molecule has 106 valence electrons. The Morgan fingerprint density at radius 2 is 2.25 bits per heavy atom. The second-order valence-electron chi connectivity index (χ2n) is 4.73. The quantitative estimate of drug-likeness (QED) is 0.898. The topological polar surface area (TPSA) is 69.0 Å². The minimum Gasteiger partial charge on any atom is -0.497 e. The number of methoxy groups -OCH3 is 1. The molecule has 0 aliphatic rings. The Bertz CT molecular complexity index is 592. The van der Waals surface area contributed by atoms with Crippen LogP contribution in [0.4, 0.5) is 0 Å². The van der Waals surface area contributed by atoms with Crippen LogP contribution in [0.3, 0.4) is 0 Å². The summed E-state index contributed by atoms with van der Waals surface area (Å²) in [5.74, 6) is 0.719. The minimum absolute atomic E-state index is 0.000861.